The van der Waals surface area contributed by atoms with Crippen molar-refractivity contribution in [3.05, 3.63) is 107 Å². The van der Waals surface area contributed by atoms with Gasteiger partial charge in [0, 0.05) is 5.92 Å². The highest BCUT2D eigenvalue weighted by Crippen LogP contribution is 2.35. The first-order valence-electron chi connectivity index (χ1n) is 10.7. The maximum absolute atomic E-state index is 13.9. The lowest BCUT2D eigenvalue weighted by molar-refractivity contribution is -0.161. The van der Waals surface area contributed by atoms with Gasteiger partial charge in [-0.2, -0.15) is 26.3 Å². The van der Waals surface area contributed by atoms with Gasteiger partial charge in [0.1, 0.15) is 17.7 Å². The Morgan fingerprint density at radius 2 is 1.37 bits per heavy atom. The lowest BCUT2D eigenvalue weighted by Gasteiger charge is -2.20. The number of rotatable bonds is 6. The molecular formula is C27H23F8NO2. The number of amides is 1. The zero-order chi connectivity index (χ0) is 29.1. The Labute approximate surface area is 213 Å². The summed E-state index contributed by atoms with van der Waals surface area (Å²) in [5.41, 5.74) is 5.03. The van der Waals surface area contributed by atoms with E-state index in [1.807, 2.05) is 30.3 Å². The van der Waals surface area contributed by atoms with Gasteiger partial charge in [-0.1, -0.05) is 42.5 Å². The molecule has 0 bridgehead atoms. The van der Waals surface area contributed by atoms with Gasteiger partial charge in [-0.3, -0.25) is 4.79 Å². The molecule has 0 fully saturated rings. The fraction of sp³-hybridized carbons (Fsp3) is 0.222. The van der Waals surface area contributed by atoms with Crippen molar-refractivity contribution in [3.63, 3.8) is 0 Å². The molecule has 2 atom stereocenters. The van der Waals surface area contributed by atoms with Crippen LogP contribution in [-0.4, -0.2) is 23.3 Å². The molecule has 3 rings (SSSR count). The van der Waals surface area contributed by atoms with Crippen molar-refractivity contribution >= 4 is 5.91 Å². The predicted octanol–water partition coefficient (Wildman–Crippen LogP) is 6.39. The number of hydrogen-bond donors (Lipinski definition) is 2. The number of halogens is 8. The molecule has 38 heavy (non-hydrogen) atoms. The first kappa shape index (κ1) is 32.1. The van der Waals surface area contributed by atoms with Crippen molar-refractivity contribution in [1.29, 1.82) is 0 Å². The van der Waals surface area contributed by atoms with Crippen LogP contribution in [0.25, 0.3) is 0 Å². The Balaban J connectivity index is 0.000000510. The topological polar surface area (TPSA) is 63.3 Å². The summed E-state index contributed by atoms with van der Waals surface area (Å²) in [4.78, 5) is 9.85. The molecule has 3 aromatic carbocycles. The number of aliphatic hydroxyl groups is 1. The van der Waals surface area contributed by atoms with E-state index in [0.29, 0.717) is 18.1 Å². The molecule has 0 unspecified atom stereocenters. The summed E-state index contributed by atoms with van der Waals surface area (Å²) in [5, 5.41) is 8.27. The van der Waals surface area contributed by atoms with E-state index in [1.165, 1.54) is 24.3 Å². The first-order chi connectivity index (χ1) is 17.7. The van der Waals surface area contributed by atoms with Gasteiger partial charge in [0.15, 0.2) is 0 Å². The van der Waals surface area contributed by atoms with Crippen molar-refractivity contribution in [2.24, 2.45) is 5.73 Å². The summed E-state index contributed by atoms with van der Waals surface area (Å²) >= 11 is 0. The number of benzene rings is 3. The molecule has 204 valence electrons. The van der Waals surface area contributed by atoms with Crippen LogP contribution in [0.15, 0.2) is 72.8 Å². The highest BCUT2D eigenvalue weighted by Gasteiger charge is 2.33. The number of hydrogen-bond acceptors (Lipinski definition) is 2. The van der Waals surface area contributed by atoms with Crippen LogP contribution in [0.2, 0.25) is 0 Å². The highest BCUT2D eigenvalue weighted by molar-refractivity contribution is 5.78. The third-order valence-corrected chi connectivity index (χ3v) is 4.96. The highest BCUT2D eigenvalue weighted by atomic mass is 19.4. The predicted molar refractivity (Wildman–Crippen MR) is 126 cm³/mol. The third-order valence-electron chi connectivity index (χ3n) is 4.96. The van der Waals surface area contributed by atoms with Crippen molar-refractivity contribution in [2.75, 3.05) is 0 Å². The van der Waals surface area contributed by atoms with Crippen LogP contribution in [0.5, 0.6) is 0 Å². The summed E-state index contributed by atoms with van der Waals surface area (Å²) in [6.45, 7) is 0. The number of alkyl halides is 6. The monoisotopic (exact) mass is 545 g/mol. The number of carbonyl (C=O) groups is 1. The maximum atomic E-state index is 13.9. The van der Waals surface area contributed by atoms with Crippen LogP contribution >= 0.6 is 0 Å². The van der Waals surface area contributed by atoms with Crippen molar-refractivity contribution in [1.82, 2.24) is 0 Å². The number of terminal acetylenes is 1. The van der Waals surface area contributed by atoms with Gasteiger partial charge in [-0.15, -0.1) is 12.8 Å². The summed E-state index contributed by atoms with van der Waals surface area (Å²) in [6, 6.07) is 17.2. The minimum absolute atomic E-state index is 0.202. The summed E-state index contributed by atoms with van der Waals surface area (Å²) in [7, 11) is 0. The maximum Gasteiger partial charge on any atom is 0.416 e. The lowest BCUT2D eigenvalue weighted by Crippen LogP contribution is -2.32. The van der Waals surface area contributed by atoms with Crippen LogP contribution in [-0.2, 0) is 17.4 Å². The van der Waals surface area contributed by atoms with Gasteiger partial charge in [-0.05, 0) is 53.4 Å². The number of nitrogens with two attached hydrogens (primary N) is 1. The Morgan fingerprint density at radius 1 is 0.816 bits per heavy atom. The Morgan fingerprint density at radius 3 is 1.82 bits per heavy atom. The Hall–Kier alpha value is -3.91. The Bertz CT molecular complexity index is 1170. The fourth-order valence-electron chi connectivity index (χ4n) is 3.27. The van der Waals surface area contributed by atoms with Gasteiger partial charge in [-0.25, -0.2) is 8.78 Å². The van der Waals surface area contributed by atoms with E-state index >= 15 is 0 Å². The summed E-state index contributed by atoms with van der Waals surface area (Å²) in [5.74, 6) is -3.29. The van der Waals surface area contributed by atoms with Gasteiger partial charge in [0.05, 0.1) is 12.0 Å². The van der Waals surface area contributed by atoms with E-state index in [1.54, 1.807) is 0 Å². The molecule has 0 saturated carbocycles. The van der Waals surface area contributed by atoms with Crippen LogP contribution in [0.1, 0.15) is 34.6 Å². The van der Waals surface area contributed by atoms with E-state index in [0.717, 1.165) is 17.7 Å². The standard InChI is InChI=1S/C21H15F5.C4H6F3NO2.C2H2/c22-18-8-6-15(7-9-18)20(10-14-4-2-1-3-5-14)16-11-17(21(24,25)26)13-19(23)12-16;5-4(6,7)1-2(9)3(8)10;1-2/h1-9,11-13,20H,10H2;2,9H,1H2,(H2,8,10);1-2H/t20-;2-;/m10./s1. The van der Waals surface area contributed by atoms with Crippen LogP contribution in [0, 0.1) is 24.5 Å². The molecule has 0 radical (unpaired) electrons. The molecule has 0 aliphatic carbocycles. The molecule has 11 heteroatoms. The van der Waals surface area contributed by atoms with E-state index in [9.17, 15) is 39.9 Å². The molecule has 0 saturated heterocycles. The fourth-order valence-corrected chi connectivity index (χ4v) is 3.27. The zero-order valence-electron chi connectivity index (χ0n) is 19.6. The number of aliphatic hydroxyl groups excluding tert-OH is 1. The van der Waals surface area contributed by atoms with Crippen molar-refractivity contribution in [3.8, 4) is 12.8 Å². The molecule has 3 N–H and O–H groups in total. The molecule has 0 aliphatic rings. The number of carbonyl (C=O) groups excluding carboxylic acids is 1. The molecular weight excluding hydrogens is 522 g/mol. The van der Waals surface area contributed by atoms with E-state index in [4.69, 9.17) is 5.11 Å². The average Bonchev–Trinajstić information content (AvgIpc) is 2.83. The third kappa shape index (κ3) is 11.0. The zero-order valence-corrected chi connectivity index (χ0v) is 19.6. The van der Waals surface area contributed by atoms with Gasteiger partial charge in [0.2, 0.25) is 5.91 Å². The second-order valence-corrected chi connectivity index (χ2v) is 7.80. The molecule has 3 aromatic rings. The van der Waals surface area contributed by atoms with E-state index in [-0.39, 0.29) is 5.56 Å². The molecule has 0 aliphatic heterocycles. The smallest absolute Gasteiger partial charge is 0.383 e. The second kappa shape index (κ2) is 14.1. The van der Waals surface area contributed by atoms with Crippen molar-refractivity contribution < 1.29 is 45.0 Å². The first-order valence-corrected chi connectivity index (χ1v) is 10.7. The van der Waals surface area contributed by atoms with Gasteiger partial charge >= 0.3 is 12.4 Å². The minimum atomic E-state index is -4.64. The van der Waals surface area contributed by atoms with Gasteiger partial charge in [0.25, 0.3) is 0 Å². The van der Waals surface area contributed by atoms with Crippen LogP contribution in [0.3, 0.4) is 0 Å². The Kier molecular flexibility index (Phi) is 12.0. The van der Waals surface area contributed by atoms with E-state index in [2.05, 4.69) is 18.6 Å². The molecule has 1 amide bonds. The number of primary amides is 1. The average molecular weight is 545 g/mol. The normalized spacial score (nSPS) is 12.7. The SMILES string of the molecule is C#C.Fc1ccc([C@@H](Cc2ccccc2)c2cc(F)cc(C(F)(F)F)c2)cc1.NC(=O)[C@@H](O)CC(F)(F)F. The minimum Gasteiger partial charge on any atom is -0.383 e. The van der Waals surface area contributed by atoms with E-state index < -0.39 is 53.9 Å². The molecule has 0 aromatic heterocycles. The molecule has 0 heterocycles. The largest absolute Gasteiger partial charge is 0.416 e. The quantitative estimate of drug-likeness (QED) is 0.279. The summed E-state index contributed by atoms with van der Waals surface area (Å²) < 4.78 is 100. The second-order valence-electron chi connectivity index (χ2n) is 7.80. The summed E-state index contributed by atoms with van der Waals surface area (Å²) in [6.07, 6.45) is -4.53. The van der Waals surface area contributed by atoms with Crippen molar-refractivity contribution in [2.45, 2.75) is 37.2 Å². The lowest BCUT2D eigenvalue weighted by atomic mass is 9.85. The van der Waals surface area contributed by atoms with Crippen LogP contribution in [0.4, 0.5) is 35.1 Å². The van der Waals surface area contributed by atoms with Gasteiger partial charge < -0.3 is 10.8 Å². The molecule has 0 spiro atoms. The molecule has 3 nitrogen and oxygen atoms in total. The van der Waals surface area contributed by atoms with Crippen LogP contribution < -0.4 is 5.73 Å².